The highest BCUT2D eigenvalue weighted by Crippen LogP contribution is 2.18. The van der Waals surface area contributed by atoms with E-state index in [0.717, 1.165) is 22.2 Å². The molecule has 0 radical (unpaired) electrons. The molecule has 0 saturated carbocycles. The molecule has 2 aromatic carbocycles. The number of aromatic nitrogens is 2. The molecule has 1 aliphatic heterocycles. The first-order valence-electron chi connectivity index (χ1n) is 9.29. The van der Waals surface area contributed by atoms with E-state index < -0.39 is 6.04 Å². The summed E-state index contributed by atoms with van der Waals surface area (Å²) in [7, 11) is 0. The first-order chi connectivity index (χ1) is 14.0. The van der Waals surface area contributed by atoms with E-state index in [4.69, 9.17) is 0 Å². The van der Waals surface area contributed by atoms with Crippen LogP contribution in [0.3, 0.4) is 0 Å². The fraction of sp³-hybridized carbons (Fsp3) is 0.190. The predicted octanol–water partition coefficient (Wildman–Crippen LogP) is 0.622. The van der Waals surface area contributed by atoms with Crippen molar-refractivity contribution in [2.75, 3.05) is 10.6 Å². The number of carbonyl (C=O) groups is 2. The van der Waals surface area contributed by atoms with Gasteiger partial charge < -0.3 is 5.32 Å². The second-order valence-electron chi connectivity index (χ2n) is 6.96. The van der Waals surface area contributed by atoms with Gasteiger partial charge in [-0.2, -0.15) is 4.98 Å². The van der Waals surface area contributed by atoms with Crippen molar-refractivity contribution >= 4 is 40.3 Å². The molecule has 0 bridgehead atoms. The lowest BCUT2D eigenvalue weighted by Crippen LogP contribution is -2.89. The zero-order valence-electron chi connectivity index (χ0n) is 16.1. The van der Waals surface area contributed by atoms with E-state index in [1.165, 1.54) is 0 Å². The zero-order chi connectivity index (χ0) is 20.4. The van der Waals surface area contributed by atoms with Gasteiger partial charge in [0.25, 0.3) is 17.8 Å². The maximum Gasteiger partial charge on any atom is 0.358 e. The van der Waals surface area contributed by atoms with Gasteiger partial charge in [-0.15, -0.1) is 0 Å². The van der Waals surface area contributed by atoms with Crippen molar-refractivity contribution in [1.29, 1.82) is 0 Å². The number of anilines is 2. The Balaban J connectivity index is 1.56. The van der Waals surface area contributed by atoms with Gasteiger partial charge in [-0.25, -0.2) is 15.6 Å². The summed E-state index contributed by atoms with van der Waals surface area (Å²) in [5, 5.41) is 9.44. The lowest BCUT2D eigenvalue weighted by molar-refractivity contribution is -0.490. The van der Waals surface area contributed by atoms with E-state index >= 15 is 0 Å². The van der Waals surface area contributed by atoms with Gasteiger partial charge in [0.1, 0.15) is 0 Å². The van der Waals surface area contributed by atoms with Crippen molar-refractivity contribution in [3.63, 3.8) is 0 Å². The van der Waals surface area contributed by atoms with E-state index in [9.17, 15) is 9.59 Å². The van der Waals surface area contributed by atoms with E-state index in [1.807, 2.05) is 50.2 Å². The Bertz CT molecular complexity index is 1130. The number of nitrogens with zero attached hydrogens (tertiary/aromatic N) is 2. The normalized spacial score (nSPS) is 16.1. The number of rotatable bonds is 3. The third-order valence-electron chi connectivity index (χ3n) is 4.61. The Morgan fingerprint density at radius 3 is 2.72 bits per heavy atom. The van der Waals surface area contributed by atoms with E-state index in [-0.39, 0.29) is 24.2 Å². The highest BCUT2D eigenvalue weighted by molar-refractivity contribution is 6.05. The number of guanidine groups is 1. The third-order valence-corrected chi connectivity index (χ3v) is 4.61. The van der Waals surface area contributed by atoms with Crippen molar-refractivity contribution in [3.05, 3.63) is 59.8 Å². The summed E-state index contributed by atoms with van der Waals surface area (Å²) in [6.07, 6.45) is 0.0285. The number of nitrogens with one attached hydrogen (secondary N) is 4. The van der Waals surface area contributed by atoms with Crippen molar-refractivity contribution in [2.24, 2.45) is 0 Å². The fourth-order valence-corrected chi connectivity index (χ4v) is 3.18. The molecule has 0 fully saturated rings. The van der Waals surface area contributed by atoms with Crippen LogP contribution in [0.4, 0.5) is 11.6 Å². The fourth-order valence-electron chi connectivity index (χ4n) is 3.18. The number of amides is 2. The topological polar surface area (TPSA) is 110 Å². The zero-order valence-corrected chi connectivity index (χ0v) is 16.1. The van der Waals surface area contributed by atoms with Crippen LogP contribution in [0.5, 0.6) is 0 Å². The van der Waals surface area contributed by atoms with Crippen LogP contribution >= 0.6 is 0 Å². The molecule has 146 valence electrons. The van der Waals surface area contributed by atoms with Gasteiger partial charge in [0, 0.05) is 11.1 Å². The minimum atomic E-state index is -0.712. The molecule has 2 heterocycles. The van der Waals surface area contributed by atoms with Gasteiger partial charge in [-0.05, 0) is 38.1 Å². The second kappa shape index (κ2) is 7.67. The molecule has 8 heteroatoms. The molecule has 8 nitrogen and oxygen atoms in total. The second-order valence-corrected chi connectivity index (χ2v) is 6.96. The van der Waals surface area contributed by atoms with Gasteiger partial charge in [0.15, 0.2) is 6.04 Å². The lowest BCUT2D eigenvalue weighted by Gasteiger charge is -2.16. The molecule has 4 N–H and O–H groups in total. The number of para-hydroxylation sites is 1. The minimum Gasteiger partial charge on any atom is -0.323 e. The molecule has 1 aromatic heterocycles. The summed E-state index contributed by atoms with van der Waals surface area (Å²) >= 11 is 0. The maximum absolute atomic E-state index is 12.5. The Hall–Kier alpha value is -3.81. The number of hydrogen-bond donors (Lipinski definition) is 4. The summed E-state index contributed by atoms with van der Waals surface area (Å²) in [5.74, 6) is 0.0510. The van der Waals surface area contributed by atoms with Crippen LogP contribution in [0.25, 0.3) is 10.9 Å². The lowest BCUT2D eigenvalue weighted by atomic mass is 10.1. The van der Waals surface area contributed by atoms with E-state index in [2.05, 4.69) is 30.9 Å². The Labute approximate surface area is 167 Å². The Morgan fingerprint density at radius 1 is 1.14 bits per heavy atom. The molecule has 2 amide bonds. The summed E-state index contributed by atoms with van der Waals surface area (Å²) in [6, 6.07) is 14.3. The highest BCUT2D eigenvalue weighted by Gasteiger charge is 2.31. The summed E-state index contributed by atoms with van der Waals surface area (Å²) in [5.41, 5.74) is 3.42. The largest absolute Gasteiger partial charge is 0.358 e. The minimum absolute atomic E-state index is 0.0285. The Morgan fingerprint density at radius 2 is 1.93 bits per heavy atom. The van der Waals surface area contributed by atoms with Crippen molar-refractivity contribution in [1.82, 2.24) is 15.3 Å². The standard InChI is InChI=1S/C21H20N6O2/c1-12-8-9-16-15(10-12)13(2)22-20(24-16)27-21-25-17(11-18(28)26-21)19(29)23-14-6-4-3-5-7-14/h3-10,17H,11H2,1-2H3,(H,23,29)(H2,22,24,25,26,27,28)/p+1/t17-/m1/s1. The number of carbonyl (C=O) groups excluding carboxylic acids is 2. The van der Waals surface area contributed by atoms with Gasteiger partial charge in [-0.3, -0.25) is 14.6 Å². The summed E-state index contributed by atoms with van der Waals surface area (Å²) in [4.78, 5) is 36.6. The first kappa shape index (κ1) is 18.5. The molecule has 0 saturated heterocycles. The molecule has 0 unspecified atom stereocenters. The average Bonchev–Trinajstić information content (AvgIpc) is 2.69. The van der Waals surface area contributed by atoms with Crippen LogP contribution < -0.4 is 20.9 Å². The van der Waals surface area contributed by atoms with Crippen LogP contribution in [-0.2, 0) is 9.59 Å². The average molecular weight is 389 g/mol. The van der Waals surface area contributed by atoms with E-state index in [1.54, 1.807) is 12.1 Å². The van der Waals surface area contributed by atoms with Crippen molar-refractivity contribution in [3.8, 4) is 0 Å². The van der Waals surface area contributed by atoms with Crippen molar-refractivity contribution in [2.45, 2.75) is 26.3 Å². The van der Waals surface area contributed by atoms with Gasteiger partial charge >= 0.3 is 5.96 Å². The molecule has 29 heavy (non-hydrogen) atoms. The quantitative estimate of drug-likeness (QED) is 0.525. The molecule has 1 aliphatic rings. The van der Waals surface area contributed by atoms with Gasteiger partial charge in [-0.1, -0.05) is 29.8 Å². The van der Waals surface area contributed by atoms with Crippen LogP contribution in [0.15, 0.2) is 48.5 Å². The molecule has 1 atom stereocenters. The number of fused-ring (bicyclic) bond motifs is 1. The van der Waals surface area contributed by atoms with Crippen LogP contribution in [0.1, 0.15) is 17.7 Å². The monoisotopic (exact) mass is 389 g/mol. The van der Waals surface area contributed by atoms with Crippen LogP contribution in [-0.4, -0.2) is 33.8 Å². The molecule has 4 rings (SSSR count). The van der Waals surface area contributed by atoms with Gasteiger partial charge in [0.2, 0.25) is 0 Å². The first-order valence-corrected chi connectivity index (χ1v) is 9.29. The predicted molar refractivity (Wildman–Crippen MR) is 110 cm³/mol. The van der Waals surface area contributed by atoms with Gasteiger partial charge in [0.05, 0.1) is 17.6 Å². The summed E-state index contributed by atoms with van der Waals surface area (Å²) in [6.45, 7) is 3.92. The molecule has 0 aliphatic carbocycles. The SMILES string of the molecule is Cc1ccc2nc(NC3=[NH+][C@@H](C(=O)Nc4ccccc4)CC(=O)N3)nc(C)c2c1. The number of benzene rings is 2. The number of aryl methyl sites for hydroxylation is 2. The van der Waals surface area contributed by atoms with Crippen LogP contribution in [0, 0.1) is 13.8 Å². The maximum atomic E-state index is 12.5. The molecule has 3 aromatic rings. The molecule has 0 spiro atoms. The smallest absolute Gasteiger partial charge is 0.323 e. The summed E-state index contributed by atoms with van der Waals surface area (Å²) < 4.78 is 0. The van der Waals surface area contributed by atoms with Crippen LogP contribution in [0.2, 0.25) is 0 Å². The Kier molecular flexibility index (Phi) is 4.90. The molecular formula is C21H21N6O2+. The van der Waals surface area contributed by atoms with Crippen molar-refractivity contribution < 1.29 is 14.6 Å². The van der Waals surface area contributed by atoms with E-state index in [0.29, 0.717) is 11.6 Å². The molecular weight excluding hydrogens is 368 g/mol. The third kappa shape index (κ3) is 4.21. The highest BCUT2D eigenvalue weighted by atomic mass is 16.2. The number of hydrogen-bond acceptors (Lipinski definition) is 5.